The summed E-state index contributed by atoms with van der Waals surface area (Å²) in [7, 11) is 3.29. The average molecular weight is 272 g/mol. The number of alkyl halides is 1. The van der Waals surface area contributed by atoms with Crippen molar-refractivity contribution < 1.29 is 14.3 Å². The molecule has 0 saturated heterocycles. The van der Waals surface area contributed by atoms with Crippen LogP contribution in [0, 0.1) is 0 Å². The number of amides is 1. The summed E-state index contributed by atoms with van der Waals surface area (Å²) in [6.07, 6.45) is 0. The second-order valence-corrected chi connectivity index (χ2v) is 4.11. The summed E-state index contributed by atoms with van der Waals surface area (Å²) in [5, 5.41) is 0. The number of benzene rings is 1. The maximum absolute atomic E-state index is 12.2. The number of para-hydroxylation sites is 1. The molecule has 0 bridgehead atoms. The van der Waals surface area contributed by atoms with Crippen LogP contribution in [-0.4, -0.2) is 50.6 Å². The molecule has 0 radical (unpaired) electrons. The van der Waals surface area contributed by atoms with E-state index in [0.717, 1.165) is 0 Å². The van der Waals surface area contributed by atoms with E-state index in [2.05, 4.69) is 0 Å². The van der Waals surface area contributed by atoms with Crippen LogP contribution in [0.5, 0.6) is 5.75 Å². The number of rotatable bonds is 7. The second kappa shape index (κ2) is 7.95. The Labute approximate surface area is 112 Å². The Morgan fingerprint density at radius 2 is 2.06 bits per heavy atom. The number of carbonyl (C=O) groups is 1. The van der Waals surface area contributed by atoms with Crippen LogP contribution < -0.4 is 4.74 Å². The summed E-state index contributed by atoms with van der Waals surface area (Å²) in [6.45, 7) is 1.50. The van der Waals surface area contributed by atoms with E-state index >= 15 is 0 Å². The summed E-state index contributed by atoms with van der Waals surface area (Å²) < 4.78 is 10.4. The van der Waals surface area contributed by atoms with Crippen LogP contribution in [0.25, 0.3) is 0 Å². The molecule has 0 saturated carbocycles. The van der Waals surface area contributed by atoms with Crippen molar-refractivity contribution in [2.45, 2.75) is 0 Å². The van der Waals surface area contributed by atoms with Gasteiger partial charge in [0, 0.05) is 19.5 Å². The number of halogens is 1. The van der Waals surface area contributed by atoms with Crippen LogP contribution in [0.2, 0.25) is 0 Å². The standard InChI is InChI=1S/C13H18ClNO3/c1-15(8-10-18-9-7-14)13(16)11-5-3-4-6-12(11)17-2/h3-6H,7-10H2,1-2H3. The minimum Gasteiger partial charge on any atom is -0.496 e. The number of nitrogens with zero attached hydrogens (tertiary/aromatic N) is 1. The van der Waals surface area contributed by atoms with Gasteiger partial charge in [0.1, 0.15) is 5.75 Å². The number of methoxy groups -OCH3 is 1. The van der Waals surface area contributed by atoms with Gasteiger partial charge in [0.15, 0.2) is 0 Å². The van der Waals surface area contributed by atoms with E-state index in [1.165, 1.54) is 0 Å². The van der Waals surface area contributed by atoms with Crippen LogP contribution in [0.3, 0.4) is 0 Å². The molecule has 1 rings (SSSR count). The molecule has 100 valence electrons. The molecular weight excluding hydrogens is 254 g/mol. The van der Waals surface area contributed by atoms with Gasteiger partial charge in [-0.05, 0) is 12.1 Å². The lowest BCUT2D eigenvalue weighted by Crippen LogP contribution is -2.30. The van der Waals surface area contributed by atoms with E-state index in [1.807, 2.05) is 12.1 Å². The molecule has 4 nitrogen and oxygen atoms in total. The van der Waals surface area contributed by atoms with Gasteiger partial charge in [-0.1, -0.05) is 12.1 Å². The van der Waals surface area contributed by atoms with Crippen molar-refractivity contribution in [3.05, 3.63) is 29.8 Å². The van der Waals surface area contributed by atoms with E-state index in [4.69, 9.17) is 21.1 Å². The van der Waals surface area contributed by atoms with E-state index < -0.39 is 0 Å². The maximum Gasteiger partial charge on any atom is 0.257 e. The highest BCUT2D eigenvalue weighted by atomic mass is 35.5. The van der Waals surface area contributed by atoms with Gasteiger partial charge in [-0.15, -0.1) is 11.6 Å². The van der Waals surface area contributed by atoms with Crippen LogP contribution in [-0.2, 0) is 4.74 Å². The minimum atomic E-state index is -0.0816. The predicted molar refractivity (Wildman–Crippen MR) is 71.5 cm³/mol. The Hall–Kier alpha value is -1.26. The first-order valence-corrected chi connectivity index (χ1v) is 6.26. The molecule has 0 aliphatic rings. The van der Waals surface area contributed by atoms with Gasteiger partial charge in [-0.2, -0.15) is 0 Å². The highest BCUT2D eigenvalue weighted by Gasteiger charge is 2.15. The lowest BCUT2D eigenvalue weighted by molar-refractivity contribution is 0.0709. The number of hydrogen-bond donors (Lipinski definition) is 0. The lowest BCUT2D eigenvalue weighted by atomic mass is 10.2. The van der Waals surface area contributed by atoms with E-state index in [9.17, 15) is 4.79 Å². The van der Waals surface area contributed by atoms with Crippen LogP contribution in [0.15, 0.2) is 24.3 Å². The molecule has 1 aromatic rings. The van der Waals surface area contributed by atoms with Gasteiger partial charge in [0.25, 0.3) is 5.91 Å². The van der Waals surface area contributed by atoms with Crippen molar-refractivity contribution in [3.8, 4) is 5.75 Å². The summed E-state index contributed by atoms with van der Waals surface area (Å²) >= 11 is 5.49. The van der Waals surface area contributed by atoms with Crippen molar-refractivity contribution >= 4 is 17.5 Å². The zero-order valence-corrected chi connectivity index (χ0v) is 11.4. The molecule has 0 aliphatic heterocycles. The van der Waals surface area contributed by atoms with Gasteiger partial charge in [-0.25, -0.2) is 0 Å². The van der Waals surface area contributed by atoms with Gasteiger partial charge in [-0.3, -0.25) is 4.79 Å². The van der Waals surface area contributed by atoms with Gasteiger partial charge in [0.05, 0.1) is 25.9 Å². The van der Waals surface area contributed by atoms with Gasteiger partial charge >= 0.3 is 0 Å². The summed E-state index contributed by atoms with van der Waals surface area (Å²) in [5.74, 6) is 0.961. The topological polar surface area (TPSA) is 38.8 Å². The van der Waals surface area contributed by atoms with Crippen molar-refractivity contribution in [3.63, 3.8) is 0 Å². The Balaban J connectivity index is 2.57. The van der Waals surface area contributed by atoms with Gasteiger partial charge in [0.2, 0.25) is 0 Å². The first kappa shape index (κ1) is 14.8. The largest absolute Gasteiger partial charge is 0.496 e. The molecule has 0 aromatic heterocycles. The second-order valence-electron chi connectivity index (χ2n) is 3.73. The summed E-state index contributed by atoms with van der Waals surface area (Å²) in [4.78, 5) is 13.8. The Kier molecular flexibility index (Phi) is 6.54. The predicted octanol–water partition coefficient (Wildman–Crippen LogP) is 2.02. The highest BCUT2D eigenvalue weighted by molar-refractivity contribution is 6.17. The third-order valence-electron chi connectivity index (χ3n) is 2.48. The monoisotopic (exact) mass is 271 g/mol. The summed E-state index contributed by atoms with van der Waals surface area (Å²) in [5.41, 5.74) is 0.555. The fraction of sp³-hybridized carbons (Fsp3) is 0.462. The SMILES string of the molecule is COc1ccccc1C(=O)N(C)CCOCCCl. The molecule has 0 atom stereocenters. The average Bonchev–Trinajstić information content (AvgIpc) is 2.42. The Morgan fingerprint density at radius 1 is 1.33 bits per heavy atom. The first-order valence-electron chi connectivity index (χ1n) is 5.73. The smallest absolute Gasteiger partial charge is 0.257 e. The molecule has 0 aliphatic carbocycles. The third kappa shape index (κ3) is 4.20. The van der Waals surface area contributed by atoms with Crippen molar-refractivity contribution in [1.82, 2.24) is 4.90 Å². The maximum atomic E-state index is 12.2. The number of ether oxygens (including phenoxy) is 2. The lowest BCUT2D eigenvalue weighted by Gasteiger charge is -2.18. The fourth-order valence-corrected chi connectivity index (χ4v) is 1.60. The molecule has 0 N–H and O–H groups in total. The molecule has 0 spiro atoms. The zero-order valence-electron chi connectivity index (χ0n) is 10.7. The molecule has 1 amide bonds. The molecule has 1 aromatic carbocycles. The van der Waals surface area contributed by atoms with Crippen LogP contribution in [0.1, 0.15) is 10.4 Å². The van der Waals surface area contributed by atoms with Gasteiger partial charge < -0.3 is 14.4 Å². The highest BCUT2D eigenvalue weighted by Crippen LogP contribution is 2.18. The molecule has 5 heteroatoms. The summed E-state index contributed by atoms with van der Waals surface area (Å²) in [6, 6.07) is 7.16. The molecule has 0 unspecified atom stereocenters. The molecule has 18 heavy (non-hydrogen) atoms. The third-order valence-corrected chi connectivity index (χ3v) is 2.63. The molecule has 0 heterocycles. The Bertz CT molecular complexity index is 384. The van der Waals surface area contributed by atoms with E-state index in [1.54, 1.807) is 31.2 Å². The van der Waals surface area contributed by atoms with E-state index in [0.29, 0.717) is 37.0 Å². The zero-order chi connectivity index (χ0) is 13.4. The van der Waals surface area contributed by atoms with E-state index in [-0.39, 0.29) is 5.91 Å². The van der Waals surface area contributed by atoms with Crippen molar-refractivity contribution in [2.24, 2.45) is 0 Å². The normalized spacial score (nSPS) is 10.2. The number of hydrogen-bond acceptors (Lipinski definition) is 3. The van der Waals surface area contributed by atoms with Crippen LogP contribution in [0.4, 0.5) is 0 Å². The van der Waals surface area contributed by atoms with Crippen LogP contribution >= 0.6 is 11.6 Å². The minimum absolute atomic E-state index is 0.0816. The number of carbonyl (C=O) groups excluding carboxylic acids is 1. The molecule has 0 fully saturated rings. The molecular formula is C13H18ClNO3. The first-order chi connectivity index (χ1) is 8.70. The fourth-order valence-electron chi connectivity index (χ4n) is 1.49. The van der Waals surface area contributed by atoms with Crippen molar-refractivity contribution in [1.29, 1.82) is 0 Å². The van der Waals surface area contributed by atoms with Crippen molar-refractivity contribution in [2.75, 3.05) is 39.8 Å². The Morgan fingerprint density at radius 3 is 2.72 bits per heavy atom. The quantitative estimate of drug-likeness (QED) is 0.563. The number of likely N-dealkylation sites (N-methyl/N-ethyl adjacent to an activating group) is 1.